The first-order valence-electron chi connectivity index (χ1n) is 10.5. The van der Waals surface area contributed by atoms with Crippen LogP contribution in [0.15, 0.2) is 24.3 Å². The van der Waals surface area contributed by atoms with E-state index in [0.717, 1.165) is 51.2 Å². The van der Waals surface area contributed by atoms with Gasteiger partial charge in [0.1, 0.15) is 11.5 Å². The molecule has 0 saturated carbocycles. The van der Waals surface area contributed by atoms with Gasteiger partial charge in [-0.1, -0.05) is 12.1 Å². The molecule has 0 bridgehead atoms. The number of hydrogen-bond donors (Lipinski definition) is 0. The molecule has 1 amide bonds. The molecule has 30 heavy (non-hydrogen) atoms. The third-order valence-corrected chi connectivity index (χ3v) is 6.35. The SMILES string of the molecule is Cc1nc(-c2ccc(C(F)(F)F)cc2)n(C)c1C(=O)N1CCC(N2CCCC2)CC1. The van der Waals surface area contributed by atoms with Crippen LogP contribution in [-0.4, -0.2) is 57.5 Å². The third kappa shape index (κ3) is 3.97. The Morgan fingerprint density at radius 3 is 2.20 bits per heavy atom. The number of benzene rings is 1. The van der Waals surface area contributed by atoms with Crippen LogP contribution in [0.3, 0.4) is 0 Å². The first kappa shape index (κ1) is 20.9. The molecule has 1 aromatic carbocycles. The summed E-state index contributed by atoms with van der Waals surface area (Å²) in [5, 5.41) is 0. The number of imidazole rings is 1. The Balaban J connectivity index is 1.50. The number of carbonyl (C=O) groups is 1. The van der Waals surface area contributed by atoms with Crippen molar-refractivity contribution in [3.05, 3.63) is 41.2 Å². The minimum absolute atomic E-state index is 0.0551. The fourth-order valence-electron chi connectivity index (χ4n) is 4.69. The highest BCUT2D eigenvalue weighted by Crippen LogP contribution is 2.31. The molecule has 0 spiro atoms. The summed E-state index contributed by atoms with van der Waals surface area (Å²) in [4.78, 5) is 22.1. The lowest BCUT2D eigenvalue weighted by atomic mass is 10.0. The van der Waals surface area contributed by atoms with Crippen LogP contribution < -0.4 is 0 Å². The predicted molar refractivity (Wildman–Crippen MR) is 108 cm³/mol. The van der Waals surface area contributed by atoms with Gasteiger partial charge in [0.15, 0.2) is 0 Å². The lowest BCUT2D eigenvalue weighted by Gasteiger charge is -2.36. The maximum absolute atomic E-state index is 13.2. The minimum Gasteiger partial charge on any atom is -0.337 e. The van der Waals surface area contributed by atoms with Gasteiger partial charge in [-0.05, 0) is 57.8 Å². The summed E-state index contributed by atoms with van der Waals surface area (Å²) in [7, 11) is 1.75. The zero-order valence-electron chi connectivity index (χ0n) is 17.4. The molecule has 2 aromatic rings. The van der Waals surface area contributed by atoms with Crippen molar-refractivity contribution >= 4 is 5.91 Å². The Kier molecular flexibility index (Phi) is 5.61. The number of rotatable bonds is 3. The van der Waals surface area contributed by atoms with E-state index >= 15 is 0 Å². The number of nitrogens with zero attached hydrogens (tertiary/aromatic N) is 4. The van der Waals surface area contributed by atoms with Crippen molar-refractivity contribution in [2.75, 3.05) is 26.2 Å². The van der Waals surface area contributed by atoms with Gasteiger partial charge < -0.3 is 14.4 Å². The number of piperidine rings is 1. The number of alkyl halides is 3. The van der Waals surface area contributed by atoms with E-state index < -0.39 is 11.7 Å². The molecule has 4 rings (SSSR count). The lowest BCUT2D eigenvalue weighted by molar-refractivity contribution is -0.137. The number of likely N-dealkylation sites (tertiary alicyclic amines) is 2. The van der Waals surface area contributed by atoms with Gasteiger partial charge in [-0.3, -0.25) is 4.79 Å². The molecule has 2 aliphatic rings. The van der Waals surface area contributed by atoms with Gasteiger partial charge in [-0.2, -0.15) is 13.2 Å². The van der Waals surface area contributed by atoms with E-state index in [1.54, 1.807) is 18.5 Å². The molecule has 0 atom stereocenters. The zero-order valence-corrected chi connectivity index (χ0v) is 17.4. The van der Waals surface area contributed by atoms with Gasteiger partial charge in [0.25, 0.3) is 5.91 Å². The number of aromatic nitrogens is 2. The van der Waals surface area contributed by atoms with Crippen molar-refractivity contribution in [2.45, 2.75) is 44.8 Å². The first-order chi connectivity index (χ1) is 14.3. The Morgan fingerprint density at radius 2 is 1.63 bits per heavy atom. The predicted octanol–water partition coefficient (Wildman–Crippen LogP) is 4.11. The quantitative estimate of drug-likeness (QED) is 0.750. The summed E-state index contributed by atoms with van der Waals surface area (Å²) in [6.07, 6.45) is 0.112. The smallest absolute Gasteiger partial charge is 0.337 e. The Labute approximate surface area is 174 Å². The average Bonchev–Trinajstić information content (AvgIpc) is 3.35. The van der Waals surface area contributed by atoms with E-state index in [4.69, 9.17) is 0 Å². The van der Waals surface area contributed by atoms with Gasteiger partial charge in [0, 0.05) is 31.7 Å². The summed E-state index contributed by atoms with van der Waals surface area (Å²) >= 11 is 0. The highest BCUT2D eigenvalue weighted by molar-refractivity contribution is 5.94. The number of aryl methyl sites for hydroxylation is 1. The third-order valence-electron chi connectivity index (χ3n) is 6.35. The Hall–Kier alpha value is -2.35. The average molecular weight is 420 g/mol. The Morgan fingerprint density at radius 1 is 1.03 bits per heavy atom. The van der Waals surface area contributed by atoms with Crippen molar-refractivity contribution in [1.29, 1.82) is 0 Å². The topological polar surface area (TPSA) is 41.4 Å². The summed E-state index contributed by atoms with van der Waals surface area (Å²) in [6.45, 7) is 5.55. The maximum atomic E-state index is 13.2. The highest BCUT2D eigenvalue weighted by Gasteiger charge is 2.32. The first-order valence-corrected chi connectivity index (χ1v) is 10.5. The fraction of sp³-hybridized carbons (Fsp3) is 0.545. The van der Waals surface area contributed by atoms with Crippen LogP contribution in [0.2, 0.25) is 0 Å². The molecule has 2 saturated heterocycles. The van der Waals surface area contributed by atoms with E-state index in [-0.39, 0.29) is 5.91 Å². The van der Waals surface area contributed by atoms with Crippen molar-refractivity contribution in [3.63, 3.8) is 0 Å². The van der Waals surface area contributed by atoms with Crippen LogP contribution in [0, 0.1) is 6.92 Å². The molecule has 1 aromatic heterocycles. The molecule has 5 nitrogen and oxygen atoms in total. The van der Waals surface area contributed by atoms with Crippen molar-refractivity contribution in [2.24, 2.45) is 7.05 Å². The lowest BCUT2D eigenvalue weighted by Crippen LogP contribution is -2.46. The molecular weight excluding hydrogens is 393 g/mol. The number of halogens is 3. The summed E-state index contributed by atoms with van der Waals surface area (Å²) in [5.74, 6) is 0.442. The second-order valence-corrected chi connectivity index (χ2v) is 8.27. The van der Waals surface area contributed by atoms with E-state index in [0.29, 0.717) is 28.8 Å². The van der Waals surface area contributed by atoms with E-state index in [1.165, 1.54) is 25.0 Å². The zero-order chi connectivity index (χ0) is 21.5. The molecule has 3 heterocycles. The largest absolute Gasteiger partial charge is 0.416 e. The molecule has 0 unspecified atom stereocenters. The van der Waals surface area contributed by atoms with Crippen LogP contribution in [0.25, 0.3) is 11.4 Å². The normalized spacial score (nSPS) is 18.9. The molecule has 162 valence electrons. The van der Waals surface area contributed by atoms with E-state index in [1.807, 2.05) is 4.90 Å². The van der Waals surface area contributed by atoms with Crippen LogP contribution in [0.5, 0.6) is 0 Å². The molecule has 8 heteroatoms. The van der Waals surface area contributed by atoms with Gasteiger partial charge in [-0.15, -0.1) is 0 Å². The minimum atomic E-state index is -4.38. The van der Waals surface area contributed by atoms with Gasteiger partial charge in [-0.25, -0.2) is 4.98 Å². The van der Waals surface area contributed by atoms with Gasteiger partial charge in [0.05, 0.1) is 11.3 Å². The van der Waals surface area contributed by atoms with Crippen molar-refractivity contribution in [3.8, 4) is 11.4 Å². The fourth-order valence-corrected chi connectivity index (χ4v) is 4.69. The van der Waals surface area contributed by atoms with Crippen molar-refractivity contribution < 1.29 is 18.0 Å². The van der Waals surface area contributed by atoms with Gasteiger partial charge in [0.2, 0.25) is 0 Å². The summed E-state index contributed by atoms with van der Waals surface area (Å²) in [6, 6.07) is 5.46. The van der Waals surface area contributed by atoms with Crippen LogP contribution in [0.4, 0.5) is 13.2 Å². The Bertz CT molecular complexity index is 906. The maximum Gasteiger partial charge on any atom is 0.416 e. The summed E-state index contributed by atoms with van der Waals surface area (Å²) in [5.41, 5.74) is 0.957. The van der Waals surface area contributed by atoms with Crippen LogP contribution >= 0.6 is 0 Å². The number of amides is 1. The second kappa shape index (κ2) is 8.06. The molecule has 0 aliphatic carbocycles. The monoisotopic (exact) mass is 420 g/mol. The summed E-state index contributed by atoms with van der Waals surface area (Å²) < 4.78 is 40.2. The number of carbonyl (C=O) groups excluding carboxylic acids is 1. The van der Waals surface area contributed by atoms with E-state index in [9.17, 15) is 18.0 Å². The highest BCUT2D eigenvalue weighted by atomic mass is 19.4. The van der Waals surface area contributed by atoms with Crippen molar-refractivity contribution in [1.82, 2.24) is 19.4 Å². The number of hydrogen-bond acceptors (Lipinski definition) is 3. The van der Waals surface area contributed by atoms with E-state index in [2.05, 4.69) is 9.88 Å². The van der Waals surface area contributed by atoms with Gasteiger partial charge >= 0.3 is 6.18 Å². The van der Waals surface area contributed by atoms with Crippen LogP contribution in [0.1, 0.15) is 47.4 Å². The van der Waals surface area contributed by atoms with Crippen LogP contribution in [-0.2, 0) is 13.2 Å². The molecule has 0 N–H and O–H groups in total. The second-order valence-electron chi connectivity index (χ2n) is 8.27. The molecule has 0 radical (unpaired) electrons. The molecular formula is C22H27F3N4O. The molecule has 2 fully saturated rings. The standard InChI is InChI=1S/C22H27F3N4O/c1-15-19(21(30)29-13-9-18(10-14-29)28-11-3-4-12-28)27(2)20(26-15)16-5-7-17(8-6-16)22(23,24)25/h5-8,18H,3-4,9-14H2,1-2H3. The molecule has 2 aliphatic heterocycles.